The summed E-state index contributed by atoms with van der Waals surface area (Å²) in [6.07, 6.45) is 3.38. The summed E-state index contributed by atoms with van der Waals surface area (Å²) in [5.41, 5.74) is 3.32. The van der Waals surface area contributed by atoms with Crippen molar-refractivity contribution in [2.24, 2.45) is 0 Å². The number of H-pyrrole nitrogens is 1. The van der Waals surface area contributed by atoms with Gasteiger partial charge in [-0.3, -0.25) is 9.36 Å². The summed E-state index contributed by atoms with van der Waals surface area (Å²) in [6.45, 7) is 1.30. The number of fused-ring (bicyclic) bond motifs is 2. The second-order valence-corrected chi connectivity index (χ2v) is 6.94. The number of likely N-dealkylation sites (tertiary alicyclic amines) is 1. The Morgan fingerprint density at radius 3 is 2.68 bits per heavy atom. The Hall–Kier alpha value is -3.42. The summed E-state index contributed by atoms with van der Waals surface area (Å²) >= 11 is 0. The Kier molecular flexibility index (Phi) is 3.96. The van der Waals surface area contributed by atoms with Crippen LogP contribution in [0.5, 0.6) is 6.01 Å². The SMILES string of the molecule is COc1nc2cccnc2n1C1CCN(C(=O)c2nc3ccccc3[nH]2)CC1. The van der Waals surface area contributed by atoms with E-state index in [1.165, 1.54) is 0 Å². The number of para-hydroxylation sites is 2. The van der Waals surface area contributed by atoms with Crippen LogP contribution in [0.4, 0.5) is 0 Å². The Morgan fingerprint density at radius 2 is 1.89 bits per heavy atom. The van der Waals surface area contributed by atoms with Crippen LogP contribution in [-0.4, -0.2) is 55.5 Å². The van der Waals surface area contributed by atoms with Gasteiger partial charge in [-0.05, 0) is 37.1 Å². The number of imidazole rings is 2. The number of hydrogen-bond acceptors (Lipinski definition) is 5. The molecule has 1 N–H and O–H groups in total. The van der Waals surface area contributed by atoms with E-state index in [1.54, 1.807) is 13.3 Å². The first kappa shape index (κ1) is 16.7. The zero-order chi connectivity index (χ0) is 19.1. The van der Waals surface area contributed by atoms with Gasteiger partial charge in [0, 0.05) is 25.3 Å². The molecule has 0 unspecified atom stereocenters. The molecule has 4 aromatic rings. The maximum atomic E-state index is 12.9. The fourth-order valence-electron chi connectivity index (χ4n) is 3.91. The van der Waals surface area contributed by atoms with Crippen molar-refractivity contribution in [3.05, 3.63) is 48.4 Å². The fourth-order valence-corrected chi connectivity index (χ4v) is 3.91. The number of benzene rings is 1. The average Bonchev–Trinajstić information content (AvgIpc) is 3.34. The van der Waals surface area contributed by atoms with Gasteiger partial charge in [-0.15, -0.1) is 0 Å². The molecule has 1 aliphatic rings. The van der Waals surface area contributed by atoms with Crippen molar-refractivity contribution >= 4 is 28.1 Å². The van der Waals surface area contributed by atoms with Crippen LogP contribution >= 0.6 is 0 Å². The second kappa shape index (κ2) is 6.63. The highest BCUT2D eigenvalue weighted by atomic mass is 16.5. The molecular formula is C20H20N6O2. The molecule has 1 fully saturated rings. The Bertz CT molecular complexity index is 1120. The Labute approximate surface area is 161 Å². The third kappa shape index (κ3) is 2.69. The number of pyridine rings is 1. The molecule has 1 saturated heterocycles. The first-order chi connectivity index (χ1) is 13.7. The van der Waals surface area contributed by atoms with Crippen LogP contribution in [0.2, 0.25) is 0 Å². The number of aromatic amines is 1. The molecule has 4 heterocycles. The smallest absolute Gasteiger partial charge is 0.298 e. The quantitative estimate of drug-likeness (QED) is 0.594. The number of carbonyl (C=O) groups excluding carboxylic acids is 1. The molecule has 0 saturated carbocycles. The molecular weight excluding hydrogens is 356 g/mol. The summed E-state index contributed by atoms with van der Waals surface area (Å²) in [5, 5.41) is 0. The molecule has 0 bridgehead atoms. The molecule has 28 heavy (non-hydrogen) atoms. The summed E-state index contributed by atoms with van der Waals surface area (Å²) < 4.78 is 7.53. The zero-order valence-electron chi connectivity index (χ0n) is 15.5. The van der Waals surface area contributed by atoms with E-state index >= 15 is 0 Å². The van der Waals surface area contributed by atoms with E-state index in [9.17, 15) is 4.79 Å². The van der Waals surface area contributed by atoms with Crippen molar-refractivity contribution in [2.75, 3.05) is 20.2 Å². The normalized spacial score (nSPS) is 15.4. The average molecular weight is 376 g/mol. The molecule has 8 nitrogen and oxygen atoms in total. The molecule has 0 radical (unpaired) electrons. The lowest BCUT2D eigenvalue weighted by Crippen LogP contribution is -2.39. The van der Waals surface area contributed by atoms with Crippen LogP contribution in [-0.2, 0) is 0 Å². The molecule has 1 aromatic carbocycles. The van der Waals surface area contributed by atoms with Gasteiger partial charge in [-0.25, -0.2) is 9.97 Å². The predicted molar refractivity (Wildman–Crippen MR) is 104 cm³/mol. The number of carbonyl (C=O) groups is 1. The van der Waals surface area contributed by atoms with Gasteiger partial charge in [0.05, 0.1) is 18.1 Å². The van der Waals surface area contributed by atoms with Crippen molar-refractivity contribution in [1.29, 1.82) is 0 Å². The van der Waals surface area contributed by atoms with Crippen molar-refractivity contribution in [3.63, 3.8) is 0 Å². The summed E-state index contributed by atoms with van der Waals surface area (Å²) in [7, 11) is 1.62. The number of ether oxygens (including phenoxy) is 1. The van der Waals surface area contributed by atoms with Crippen LogP contribution < -0.4 is 4.74 Å². The molecule has 0 aliphatic carbocycles. The summed E-state index contributed by atoms with van der Waals surface area (Å²) in [4.78, 5) is 31.3. The fraction of sp³-hybridized carbons (Fsp3) is 0.300. The standard InChI is InChI=1S/C20H20N6O2/c1-28-20-24-16-7-4-10-21-18(16)26(20)13-8-11-25(12-9-13)19(27)17-22-14-5-2-3-6-15(14)23-17/h2-7,10,13H,8-9,11-12H2,1H3,(H,22,23). The molecule has 3 aromatic heterocycles. The number of nitrogens with zero attached hydrogens (tertiary/aromatic N) is 5. The minimum Gasteiger partial charge on any atom is -0.468 e. The minimum atomic E-state index is -0.0600. The monoisotopic (exact) mass is 376 g/mol. The van der Waals surface area contributed by atoms with Gasteiger partial charge in [0.25, 0.3) is 11.9 Å². The van der Waals surface area contributed by atoms with E-state index < -0.39 is 0 Å². The second-order valence-electron chi connectivity index (χ2n) is 6.94. The van der Waals surface area contributed by atoms with Crippen molar-refractivity contribution < 1.29 is 9.53 Å². The van der Waals surface area contributed by atoms with Gasteiger partial charge in [0.1, 0.15) is 5.52 Å². The lowest BCUT2D eigenvalue weighted by molar-refractivity contribution is 0.0682. The highest BCUT2D eigenvalue weighted by molar-refractivity contribution is 5.94. The topological polar surface area (TPSA) is 88.9 Å². The summed E-state index contributed by atoms with van der Waals surface area (Å²) in [5.74, 6) is 0.335. The highest BCUT2D eigenvalue weighted by Crippen LogP contribution is 2.31. The van der Waals surface area contributed by atoms with Crippen molar-refractivity contribution in [3.8, 4) is 6.01 Å². The van der Waals surface area contributed by atoms with Gasteiger partial charge in [0.15, 0.2) is 11.5 Å². The van der Waals surface area contributed by atoms with E-state index in [1.807, 2.05) is 41.3 Å². The van der Waals surface area contributed by atoms with Gasteiger partial charge in [-0.2, -0.15) is 4.98 Å². The van der Waals surface area contributed by atoms with E-state index in [-0.39, 0.29) is 11.9 Å². The third-order valence-corrected chi connectivity index (χ3v) is 5.31. The number of nitrogens with one attached hydrogen (secondary N) is 1. The molecule has 0 atom stereocenters. The van der Waals surface area contributed by atoms with Gasteiger partial charge < -0.3 is 14.6 Å². The first-order valence-electron chi connectivity index (χ1n) is 9.35. The number of rotatable bonds is 3. The zero-order valence-corrected chi connectivity index (χ0v) is 15.5. The maximum absolute atomic E-state index is 12.9. The number of amides is 1. The number of hydrogen-bond donors (Lipinski definition) is 1. The van der Waals surface area contributed by atoms with Crippen molar-refractivity contribution in [2.45, 2.75) is 18.9 Å². The molecule has 1 amide bonds. The first-order valence-corrected chi connectivity index (χ1v) is 9.35. The van der Waals surface area contributed by atoms with Crippen LogP contribution in [0.15, 0.2) is 42.6 Å². The van der Waals surface area contributed by atoms with E-state index in [4.69, 9.17) is 4.74 Å². The van der Waals surface area contributed by atoms with E-state index in [0.717, 1.165) is 35.0 Å². The largest absolute Gasteiger partial charge is 0.468 e. The maximum Gasteiger partial charge on any atom is 0.298 e. The van der Waals surface area contributed by atoms with Gasteiger partial charge in [0.2, 0.25) is 0 Å². The molecule has 1 aliphatic heterocycles. The number of aromatic nitrogens is 5. The van der Waals surface area contributed by atoms with Crippen LogP contribution in [0, 0.1) is 0 Å². The lowest BCUT2D eigenvalue weighted by Gasteiger charge is -2.32. The van der Waals surface area contributed by atoms with E-state index in [0.29, 0.717) is 24.9 Å². The van der Waals surface area contributed by atoms with Crippen molar-refractivity contribution in [1.82, 2.24) is 29.4 Å². The lowest BCUT2D eigenvalue weighted by atomic mass is 10.0. The summed E-state index contributed by atoms with van der Waals surface area (Å²) in [6, 6.07) is 12.2. The molecule has 8 heteroatoms. The Morgan fingerprint density at radius 1 is 1.11 bits per heavy atom. The van der Waals surface area contributed by atoms with Crippen LogP contribution in [0.1, 0.15) is 29.5 Å². The van der Waals surface area contributed by atoms with E-state index in [2.05, 4.69) is 24.5 Å². The van der Waals surface area contributed by atoms with Gasteiger partial charge >= 0.3 is 0 Å². The Balaban J connectivity index is 1.36. The number of piperidine rings is 1. The predicted octanol–water partition coefficient (Wildman–Crippen LogP) is 2.79. The number of methoxy groups -OCH3 is 1. The third-order valence-electron chi connectivity index (χ3n) is 5.31. The van der Waals surface area contributed by atoms with Crippen LogP contribution in [0.3, 0.4) is 0 Å². The molecule has 142 valence electrons. The molecule has 0 spiro atoms. The van der Waals surface area contributed by atoms with Gasteiger partial charge in [-0.1, -0.05) is 12.1 Å². The highest BCUT2D eigenvalue weighted by Gasteiger charge is 2.29. The van der Waals surface area contributed by atoms with Crippen LogP contribution in [0.25, 0.3) is 22.2 Å². The minimum absolute atomic E-state index is 0.0600. The molecule has 5 rings (SSSR count).